The van der Waals surface area contributed by atoms with Gasteiger partial charge in [0.05, 0.1) is 6.10 Å². The topological polar surface area (TPSA) is 102 Å². The highest BCUT2D eigenvalue weighted by Gasteiger charge is 2.31. The Hall–Kier alpha value is -2.36. The molecule has 150 valence electrons. The van der Waals surface area contributed by atoms with Crippen LogP contribution in [0.5, 0.6) is 0 Å². The molecule has 0 spiro atoms. The molecule has 1 aliphatic carbocycles. The van der Waals surface area contributed by atoms with Gasteiger partial charge in [0, 0.05) is 17.9 Å². The predicted molar refractivity (Wildman–Crippen MR) is 95.3 cm³/mol. The molecular weight excluding hydrogens is 363 g/mol. The number of nitrogens with zero attached hydrogens (tertiary/aromatic N) is 2. The van der Waals surface area contributed by atoms with Crippen molar-refractivity contribution in [3.05, 3.63) is 24.0 Å². The van der Waals surface area contributed by atoms with Crippen molar-refractivity contribution in [2.45, 2.75) is 57.3 Å². The first-order valence-electron chi connectivity index (χ1n) is 8.74. The number of hydrogen-bond donors (Lipinski definition) is 3. The standard InChI is InChI=1S/C17H24F3N5O2/c1-3-10(2)23-15-13(14(21)26)8-22-16(25-15)24-11-4-6-12(7-5-11)27-9-17(18,19)20/h8,11-12H,2-7,9H2,1H3,(H2,21,26)(H2,22,23,24,25). The number of anilines is 2. The van der Waals surface area contributed by atoms with Crippen LogP contribution in [0.2, 0.25) is 0 Å². The van der Waals surface area contributed by atoms with E-state index in [1.807, 2.05) is 6.92 Å². The molecule has 4 N–H and O–H groups in total. The number of alkyl halides is 3. The number of nitrogens with two attached hydrogens (primary N) is 1. The summed E-state index contributed by atoms with van der Waals surface area (Å²) >= 11 is 0. The fourth-order valence-corrected chi connectivity index (χ4v) is 2.75. The lowest BCUT2D eigenvalue weighted by molar-refractivity contribution is -0.187. The predicted octanol–water partition coefficient (Wildman–Crippen LogP) is 3.21. The average Bonchev–Trinajstić information content (AvgIpc) is 2.60. The number of primary amides is 1. The van der Waals surface area contributed by atoms with Crippen molar-refractivity contribution in [2.24, 2.45) is 5.73 Å². The Morgan fingerprint density at radius 3 is 2.59 bits per heavy atom. The van der Waals surface area contributed by atoms with Crippen LogP contribution >= 0.6 is 0 Å². The summed E-state index contributed by atoms with van der Waals surface area (Å²) in [5, 5.41) is 6.09. The molecule has 27 heavy (non-hydrogen) atoms. The molecule has 0 aliphatic heterocycles. The van der Waals surface area contributed by atoms with E-state index < -0.39 is 24.8 Å². The highest BCUT2D eigenvalue weighted by molar-refractivity contribution is 5.97. The molecule has 1 aromatic heterocycles. The van der Waals surface area contributed by atoms with Crippen molar-refractivity contribution >= 4 is 17.7 Å². The first-order valence-corrected chi connectivity index (χ1v) is 8.74. The summed E-state index contributed by atoms with van der Waals surface area (Å²) in [6.07, 6.45) is -0.421. The summed E-state index contributed by atoms with van der Waals surface area (Å²) in [5.41, 5.74) is 6.16. The van der Waals surface area contributed by atoms with Gasteiger partial charge in [-0.3, -0.25) is 4.79 Å². The van der Waals surface area contributed by atoms with Gasteiger partial charge < -0.3 is 21.1 Å². The van der Waals surface area contributed by atoms with E-state index in [1.54, 1.807) is 0 Å². The first-order chi connectivity index (χ1) is 12.7. The van der Waals surface area contributed by atoms with Crippen LogP contribution in [0.3, 0.4) is 0 Å². The molecule has 1 amide bonds. The second-order valence-electron chi connectivity index (χ2n) is 6.45. The molecule has 0 saturated heterocycles. The van der Waals surface area contributed by atoms with Gasteiger partial charge in [0.15, 0.2) is 0 Å². The fourth-order valence-electron chi connectivity index (χ4n) is 2.75. The molecular formula is C17H24F3N5O2. The quantitative estimate of drug-likeness (QED) is 0.633. The van der Waals surface area contributed by atoms with Crippen LogP contribution in [0.4, 0.5) is 24.9 Å². The Morgan fingerprint density at radius 2 is 2.04 bits per heavy atom. The second-order valence-corrected chi connectivity index (χ2v) is 6.45. The fraction of sp³-hybridized carbons (Fsp3) is 0.588. The largest absolute Gasteiger partial charge is 0.411 e. The Labute approximate surface area is 155 Å². The number of halogens is 3. The summed E-state index contributed by atoms with van der Waals surface area (Å²) < 4.78 is 41.6. The molecule has 0 aromatic carbocycles. The van der Waals surface area contributed by atoms with Crippen LogP contribution in [-0.4, -0.2) is 40.8 Å². The van der Waals surface area contributed by atoms with E-state index in [0.717, 1.165) is 0 Å². The van der Waals surface area contributed by atoms with Crippen molar-refractivity contribution in [2.75, 3.05) is 17.2 Å². The highest BCUT2D eigenvalue weighted by Crippen LogP contribution is 2.26. The lowest BCUT2D eigenvalue weighted by atomic mass is 9.93. The lowest BCUT2D eigenvalue weighted by Crippen LogP contribution is -2.32. The summed E-state index contributed by atoms with van der Waals surface area (Å²) in [7, 11) is 0. The summed E-state index contributed by atoms with van der Waals surface area (Å²) in [4.78, 5) is 19.9. The van der Waals surface area contributed by atoms with Crippen molar-refractivity contribution < 1.29 is 22.7 Å². The molecule has 10 heteroatoms. The van der Waals surface area contributed by atoms with Crippen LogP contribution in [0.1, 0.15) is 49.4 Å². The number of ether oxygens (including phenoxy) is 1. The molecule has 1 aliphatic rings. The SMILES string of the molecule is C=C(CC)Nc1nc(NC2CCC(OCC(F)(F)F)CC2)ncc1C(N)=O. The third-order valence-corrected chi connectivity index (χ3v) is 4.27. The number of nitrogens with one attached hydrogen (secondary N) is 2. The number of aromatic nitrogens is 2. The van der Waals surface area contributed by atoms with Crippen molar-refractivity contribution in [3.8, 4) is 0 Å². The maximum Gasteiger partial charge on any atom is 0.411 e. The van der Waals surface area contributed by atoms with Gasteiger partial charge in [-0.05, 0) is 32.1 Å². The molecule has 1 saturated carbocycles. The highest BCUT2D eigenvalue weighted by atomic mass is 19.4. The molecule has 1 heterocycles. The van der Waals surface area contributed by atoms with Gasteiger partial charge in [-0.2, -0.15) is 18.2 Å². The van der Waals surface area contributed by atoms with E-state index >= 15 is 0 Å². The third-order valence-electron chi connectivity index (χ3n) is 4.27. The van der Waals surface area contributed by atoms with Gasteiger partial charge in [-0.1, -0.05) is 13.5 Å². The zero-order valence-electron chi connectivity index (χ0n) is 15.1. The molecule has 2 rings (SSSR count). The molecule has 1 aromatic rings. The van der Waals surface area contributed by atoms with Crippen LogP contribution < -0.4 is 16.4 Å². The number of allylic oxidation sites excluding steroid dienone is 1. The Balaban J connectivity index is 1.95. The van der Waals surface area contributed by atoms with E-state index in [1.165, 1.54) is 6.20 Å². The number of amides is 1. The van der Waals surface area contributed by atoms with E-state index in [2.05, 4.69) is 27.2 Å². The summed E-state index contributed by atoms with van der Waals surface area (Å²) in [5.74, 6) is -0.0737. The van der Waals surface area contributed by atoms with E-state index in [9.17, 15) is 18.0 Å². The third kappa shape index (κ3) is 6.70. The maximum absolute atomic E-state index is 12.2. The molecule has 7 nitrogen and oxygen atoms in total. The zero-order valence-corrected chi connectivity index (χ0v) is 15.1. The van der Waals surface area contributed by atoms with Gasteiger partial charge in [-0.25, -0.2) is 4.98 Å². The summed E-state index contributed by atoms with van der Waals surface area (Å²) in [6, 6.07) is 0.0115. The molecule has 0 atom stereocenters. The summed E-state index contributed by atoms with van der Waals surface area (Å²) in [6.45, 7) is 4.50. The minimum absolute atomic E-state index is 0.0115. The van der Waals surface area contributed by atoms with Crippen LogP contribution in [0.15, 0.2) is 18.5 Å². The smallest absolute Gasteiger partial charge is 0.369 e. The van der Waals surface area contributed by atoms with E-state index in [0.29, 0.717) is 43.7 Å². The number of carbonyl (C=O) groups excluding carboxylic acids is 1. The number of rotatable bonds is 8. The van der Waals surface area contributed by atoms with Gasteiger partial charge in [0.1, 0.15) is 18.0 Å². The van der Waals surface area contributed by atoms with Crippen LogP contribution in [0.25, 0.3) is 0 Å². The number of carbonyl (C=O) groups is 1. The van der Waals surface area contributed by atoms with Crippen LogP contribution in [-0.2, 0) is 4.74 Å². The molecule has 0 radical (unpaired) electrons. The first kappa shape index (κ1) is 20.9. The average molecular weight is 387 g/mol. The second kappa shape index (κ2) is 9.03. The minimum Gasteiger partial charge on any atom is -0.369 e. The molecule has 1 fully saturated rings. The van der Waals surface area contributed by atoms with E-state index in [4.69, 9.17) is 10.5 Å². The van der Waals surface area contributed by atoms with Crippen molar-refractivity contribution in [1.82, 2.24) is 9.97 Å². The minimum atomic E-state index is -4.31. The zero-order chi connectivity index (χ0) is 20.0. The molecule has 0 bridgehead atoms. The Kier molecular flexibility index (Phi) is 7.00. The maximum atomic E-state index is 12.2. The van der Waals surface area contributed by atoms with Gasteiger partial charge in [0.2, 0.25) is 5.95 Å². The number of hydrogen-bond acceptors (Lipinski definition) is 6. The van der Waals surface area contributed by atoms with Crippen molar-refractivity contribution in [1.29, 1.82) is 0 Å². The van der Waals surface area contributed by atoms with E-state index in [-0.39, 0.29) is 17.4 Å². The van der Waals surface area contributed by atoms with Gasteiger partial charge in [0.25, 0.3) is 5.91 Å². The molecule has 0 unspecified atom stereocenters. The van der Waals surface area contributed by atoms with Gasteiger partial charge in [-0.15, -0.1) is 0 Å². The van der Waals surface area contributed by atoms with Crippen LogP contribution in [0, 0.1) is 0 Å². The lowest BCUT2D eigenvalue weighted by Gasteiger charge is -2.29. The Morgan fingerprint density at radius 1 is 1.37 bits per heavy atom. The van der Waals surface area contributed by atoms with Gasteiger partial charge >= 0.3 is 6.18 Å². The van der Waals surface area contributed by atoms with Crippen molar-refractivity contribution in [3.63, 3.8) is 0 Å². The monoisotopic (exact) mass is 387 g/mol. The Bertz CT molecular complexity index is 673. The normalized spacial score (nSPS) is 20.1.